The van der Waals surface area contributed by atoms with E-state index in [0.717, 1.165) is 12.2 Å². The molecule has 2 rings (SSSR count). The van der Waals surface area contributed by atoms with E-state index < -0.39 is 10.0 Å². The van der Waals surface area contributed by atoms with Crippen molar-refractivity contribution in [3.63, 3.8) is 0 Å². The highest BCUT2D eigenvalue weighted by atomic mass is 32.2. The highest BCUT2D eigenvalue weighted by Gasteiger charge is 2.25. The molecule has 0 amide bonds. The number of nitrogens with zero attached hydrogens (tertiary/aromatic N) is 1. The number of hydrogen-bond acceptors (Lipinski definition) is 4. The van der Waals surface area contributed by atoms with Crippen LogP contribution < -0.4 is 5.73 Å². The maximum Gasteiger partial charge on any atom is 0.243 e. The van der Waals surface area contributed by atoms with Crippen molar-refractivity contribution in [3.05, 3.63) is 23.3 Å². The number of nitrogen functional groups attached to an aromatic ring is 1. The first-order valence-electron chi connectivity index (χ1n) is 7.23. The van der Waals surface area contributed by atoms with Crippen LogP contribution in [0.25, 0.3) is 0 Å². The number of nitrogens with two attached hydrogens (primary N) is 1. The summed E-state index contributed by atoms with van der Waals surface area (Å²) >= 11 is 0. The summed E-state index contributed by atoms with van der Waals surface area (Å²) in [6.45, 7) is 5.09. The molecule has 0 aliphatic heterocycles. The Morgan fingerprint density at radius 3 is 2.62 bits per heavy atom. The molecule has 1 aromatic rings. The van der Waals surface area contributed by atoms with Crippen molar-refractivity contribution in [3.8, 4) is 0 Å². The number of sulfonamides is 1. The van der Waals surface area contributed by atoms with Crippen molar-refractivity contribution >= 4 is 15.7 Å². The van der Waals surface area contributed by atoms with E-state index in [9.17, 15) is 8.42 Å². The first-order valence-corrected chi connectivity index (χ1v) is 8.67. The topological polar surface area (TPSA) is 72.6 Å². The maximum atomic E-state index is 12.6. The van der Waals surface area contributed by atoms with Crippen LogP contribution in [0.4, 0.5) is 5.69 Å². The molecule has 1 aromatic carbocycles. The second-order valence-corrected chi connectivity index (χ2v) is 7.84. The van der Waals surface area contributed by atoms with Gasteiger partial charge in [0.05, 0.1) is 11.5 Å². The monoisotopic (exact) mass is 312 g/mol. The number of anilines is 1. The van der Waals surface area contributed by atoms with Gasteiger partial charge in [-0.3, -0.25) is 0 Å². The number of hydrogen-bond donors (Lipinski definition) is 1. The Labute approximate surface area is 127 Å². The highest BCUT2D eigenvalue weighted by Crippen LogP contribution is 2.29. The molecule has 2 N–H and O–H groups in total. The Bertz CT molecular complexity index is 610. The Balaban J connectivity index is 2.05. The van der Waals surface area contributed by atoms with Crippen LogP contribution in [0.3, 0.4) is 0 Å². The van der Waals surface area contributed by atoms with Crippen LogP contribution in [-0.2, 0) is 14.8 Å². The molecule has 0 radical (unpaired) electrons. The van der Waals surface area contributed by atoms with Crippen LogP contribution in [-0.4, -0.2) is 39.5 Å². The summed E-state index contributed by atoms with van der Waals surface area (Å²) in [5, 5.41) is 0. The molecule has 118 valence electrons. The van der Waals surface area contributed by atoms with Crippen molar-refractivity contribution in [1.29, 1.82) is 0 Å². The fourth-order valence-electron chi connectivity index (χ4n) is 2.14. The molecule has 0 unspecified atom stereocenters. The van der Waals surface area contributed by atoms with Crippen LogP contribution in [0.1, 0.15) is 24.0 Å². The van der Waals surface area contributed by atoms with Gasteiger partial charge in [-0.15, -0.1) is 0 Å². The summed E-state index contributed by atoms with van der Waals surface area (Å²) in [6, 6.07) is 3.45. The van der Waals surface area contributed by atoms with Crippen LogP contribution >= 0.6 is 0 Å². The molecular weight excluding hydrogens is 288 g/mol. The van der Waals surface area contributed by atoms with Gasteiger partial charge in [-0.1, -0.05) is 0 Å². The molecule has 1 fully saturated rings. The molecule has 0 aromatic heterocycles. The summed E-state index contributed by atoms with van der Waals surface area (Å²) in [4.78, 5) is 0.282. The summed E-state index contributed by atoms with van der Waals surface area (Å²) in [7, 11) is -1.95. The van der Waals surface area contributed by atoms with Gasteiger partial charge < -0.3 is 10.5 Å². The highest BCUT2D eigenvalue weighted by molar-refractivity contribution is 7.89. The van der Waals surface area contributed by atoms with Crippen molar-refractivity contribution in [2.24, 2.45) is 5.92 Å². The zero-order valence-electron chi connectivity index (χ0n) is 12.9. The standard InChI is InChI=1S/C15H24N2O3S/c1-11-8-14(16)12(2)15(9-11)21(18,19)17(3)6-7-20-10-13-4-5-13/h8-9,13H,4-7,10,16H2,1-3H3. The van der Waals surface area contributed by atoms with Gasteiger partial charge in [-0.05, 0) is 55.9 Å². The third-order valence-electron chi connectivity index (χ3n) is 3.83. The van der Waals surface area contributed by atoms with Crippen LogP contribution in [0, 0.1) is 19.8 Å². The second-order valence-electron chi connectivity index (χ2n) is 5.82. The van der Waals surface area contributed by atoms with Crippen molar-refractivity contribution in [2.75, 3.05) is 32.5 Å². The lowest BCUT2D eigenvalue weighted by atomic mass is 10.1. The van der Waals surface area contributed by atoms with Gasteiger partial charge in [0, 0.05) is 25.9 Å². The van der Waals surface area contributed by atoms with Crippen LogP contribution in [0.5, 0.6) is 0 Å². The van der Waals surface area contributed by atoms with Gasteiger partial charge in [0.15, 0.2) is 0 Å². The maximum absolute atomic E-state index is 12.6. The SMILES string of the molecule is Cc1cc(N)c(C)c(S(=O)(=O)N(C)CCOCC2CC2)c1. The number of aryl methyl sites for hydroxylation is 1. The van der Waals surface area contributed by atoms with Gasteiger partial charge in [0.25, 0.3) is 0 Å². The van der Waals surface area contributed by atoms with E-state index in [1.165, 1.54) is 17.1 Å². The van der Waals surface area contributed by atoms with E-state index in [0.29, 0.717) is 30.3 Å². The zero-order chi connectivity index (χ0) is 15.6. The van der Waals surface area contributed by atoms with Crippen molar-refractivity contribution < 1.29 is 13.2 Å². The molecule has 0 heterocycles. The van der Waals surface area contributed by atoms with E-state index in [2.05, 4.69) is 0 Å². The fraction of sp³-hybridized carbons (Fsp3) is 0.600. The molecule has 0 atom stereocenters. The minimum atomic E-state index is -3.53. The van der Waals surface area contributed by atoms with Crippen LogP contribution in [0.15, 0.2) is 17.0 Å². The fourth-order valence-corrected chi connectivity index (χ4v) is 3.63. The predicted octanol–water partition coefficient (Wildman–Crippen LogP) is 1.93. The predicted molar refractivity (Wildman–Crippen MR) is 83.7 cm³/mol. The van der Waals surface area contributed by atoms with Gasteiger partial charge in [0.2, 0.25) is 10.0 Å². The van der Waals surface area contributed by atoms with Gasteiger partial charge in [-0.2, -0.15) is 4.31 Å². The van der Waals surface area contributed by atoms with E-state index in [1.54, 1.807) is 26.1 Å². The smallest absolute Gasteiger partial charge is 0.243 e. The molecule has 1 aliphatic rings. The Morgan fingerprint density at radius 1 is 1.33 bits per heavy atom. The summed E-state index contributed by atoms with van der Waals surface area (Å²) in [5.74, 6) is 0.686. The molecule has 0 bridgehead atoms. The Morgan fingerprint density at radius 2 is 2.00 bits per heavy atom. The number of ether oxygens (including phenoxy) is 1. The van der Waals surface area contributed by atoms with E-state index in [4.69, 9.17) is 10.5 Å². The van der Waals surface area contributed by atoms with E-state index >= 15 is 0 Å². The van der Waals surface area contributed by atoms with E-state index in [1.807, 2.05) is 6.92 Å². The number of rotatable bonds is 7. The number of benzene rings is 1. The average Bonchev–Trinajstić information content (AvgIpc) is 3.22. The first-order chi connectivity index (χ1) is 9.82. The quantitative estimate of drug-likeness (QED) is 0.617. The molecule has 5 nitrogen and oxygen atoms in total. The number of likely N-dealkylation sites (N-methyl/N-ethyl adjacent to an activating group) is 1. The summed E-state index contributed by atoms with van der Waals surface area (Å²) in [5.41, 5.74) is 7.82. The van der Waals surface area contributed by atoms with Gasteiger partial charge in [0.1, 0.15) is 0 Å². The lowest BCUT2D eigenvalue weighted by Crippen LogP contribution is -2.31. The molecular formula is C15H24N2O3S. The molecule has 1 aliphatic carbocycles. The third kappa shape index (κ3) is 3.96. The Hall–Kier alpha value is -1.11. The minimum Gasteiger partial charge on any atom is -0.398 e. The largest absolute Gasteiger partial charge is 0.398 e. The molecule has 21 heavy (non-hydrogen) atoms. The zero-order valence-corrected chi connectivity index (χ0v) is 13.7. The Kier molecular flexibility index (Phi) is 4.91. The molecule has 0 saturated heterocycles. The lowest BCUT2D eigenvalue weighted by Gasteiger charge is -2.19. The molecule has 1 saturated carbocycles. The first kappa shape index (κ1) is 16.3. The average molecular weight is 312 g/mol. The lowest BCUT2D eigenvalue weighted by molar-refractivity contribution is 0.117. The summed E-state index contributed by atoms with van der Waals surface area (Å²) in [6.07, 6.45) is 2.46. The van der Waals surface area contributed by atoms with Crippen LogP contribution in [0.2, 0.25) is 0 Å². The minimum absolute atomic E-state index is 0.282. The van der Waals surface area contributed by atoms with Crippen molar-refractivity contribution in [1.82, 2.24) is 4.31 Å². The second kappa shape index (κ2) is 6.34. The van der Waals surface area contributed by atoms with Gasteiger partial charge in [-0.25, -0.2) is 8.42 Å². The van der Waals surface area contributed by atoms with Crippen molar-refractivity contribution in [2.45, 2.75) is 31.6 Å². The summed E-state index contributed by atoms with van der Waals surface area (Å²) < 4.78 is 32.1. The van der Waals surface area contributed by atoms with Gasteiger partial charge >= 0.3 is 0 Å². The molecule has 0 spiro atoms. The third-order valence-corrected chi connectivity index (χ3v) is 5.82. The normalized spacial score (nSPS) is 15.6. The van der Waals surface area contributed by atoms with E-state index in [-0.39, 0.29) is 4.90 Å². The molecule has 6 heteroatoms.